The summed E-state index contributed by atoms with van der Waals surface area (Å²) < 4.78 is 0. The van der Waals surface area contributed by atoms with E-state index in [9.17, 15) is 4.79 Å². The molecular formula is C14H19NO2S. The zero-order chi connectivity index (χ0) is 13.0. The SMILES string of the molecule is O=C(c1ccc(S)cc1)N1CCCC(CCO)C1. The molecule has 1 amide bonds. The highest BCUT2D eigenvalue weighted by Gasteiger charge is 2.23. The topological polar surface area (TPSA) is 40.5 Å². The number of hydrogen-bond acceptors (Lipinski definition) is 3. The molecule has 1 aromatic carbocycles. The van der Waals surface area contributed by atoms with Crippen LogP contribution in [-0.2, 0) is 0 Å². The number of carbonyl (C=O) groups excluding carboxylic acids is 1. The Morgan fingerprint density at radius 3 is 2.78 bits per heavy atom. The van der Waals surface area contributed by atoms with E-state index >= 15 is 0 Å². The van der Waals surface area contributed by atoms with Crippen LogP contribution in [-0.4, -0.2) is 35.6 Å². The smallest absolute Gasteiger partial charge is 0.253 e. The molecule has 3 nitrogen and oxygen atoms in total. The molecule has 1 aromatic rings. The molecule has 1 fully saturated rings. The van der Waals surface area contributed by atoms with Crippen LogP contribution in [0.2, 0.25) is 0 Å². The third kappa shape index (κ3) is 3.27. The quantitative estimate of drug-likeness (QED) is 0.823. The van der Waals surface area contributed by atoms with Gasteiger partial charge in [0.05, 0.1) is 0 Å². The summed E-state index contributed by atoms with van der Waals surface area (Å²) in [7, 11) is 0. The van der Waals surface area contributed by atoms with Gasteiger partial charge in [-0.3, -0.25) is 4.79 Å². The molecule has 0 aromatic heterocycles. The zero-order valence-electron chi connectivity index (χ0n) is 10.4. The molecule has 0 aliphatic carbocycles. The molecule has 98 valence electrons. The average Bonchev–Trinajstić information content (AvgIpc) is 2.39. The summed E-state index contributed by atoms with van der Waals surface area (Å²) in [5, 5.41) is 8.98. The van der Waals surface area contributed by atoms with E-state index in [2.05, 4.69) is 12.6 Å². The van der Waals surface area contributed by atoms with E-state index < -0.39 is 0 Å². The number of piperidine rings is 1. The van der Waals surface area contributed by atoms with Crippen LogP contribution in [0.4, 0.5) is 0 Å². The summed E-state index contributed by atoms with van der Waals surface area (Å²) in [5.74, 6) is 0.530. The Balaban J connectivity index is 2.02. The normalized spacial score (nSPS) is 19.9. The van der Waals surface area contributed by atoms with Crippen LogP contribution >= 0.6 is 12.6 Å². The number of aliphatic hydroxyl groups is 1. The lowest BCUT2D eigenvalue weighted by Gasteiger charge is -2.32. The minimum Gasteiger partial charge on any atom is -0.396 e. The standard InChI is InChI=1S/C14H19NO2S/c16-9-7-11-2-1-8-15(10-11)14(17)12-3-5-13(18)6-4-12/h3-6,11,16,18H,1-2,7-10H2. The number of aliphatic hydroxyl groups excluding tert-OH is 1. The Kier molecular flexibility index (Phi) is 4.66. The zero-order valence-corrected chi connectivity index (χ0v) is 11.3. The lowest BCUT2D eigenvalue weighted by Crippen LogP contribution is -2.40. The van der Waals surface area contributed by atoms with Crippen molar-refractivity contribution in [3.8, 4) is 0 Å². The molecule has 0 saturated carbocycles. The summed E-state index contributed by atoms with van der Waals surface area (Å²) in [5.41, 5.74) is 0.720. The highest BCUT2D eigenvalue weighted by molar-refractivity contribution is 7.80. The van der Waals surface area contributed by atoms with Gasteiger partial charge in [-0.2, -0.15) is 0 Å². The van der Waals surface area contributed by atoms with Crippen molar-refractivity contribution in [2.45, 2.75) is 24.2 Å². The fourth-order valence-corrected chi connectivity index (χ4v) is 2.60. The first kappa shape index (κ1) is 13.4. The molecular weight excluding hydrogens is 246 g/mol. The van der Waals surface area contributed by atoms with Gasteiger partial charge >= 0.3 is 0 Å². The predicted molar refractivity (Wildman–Crippen MR) is 74.0 cm³/mol. The molecule has 1 atom stereocenters. The van der Waals surface area contributed by atoms with Crippen LogP contribution in [0.1, 0.15) is 29.6 Å². The lowest BCUT2D eigenvalue weighted by atomic mass is 9.94. The molecule has 0 spiro atoms. The summed E-state index contributed by atoms with van der Waals surface area (Å²) in [6.45, 7) is 1.80. The van der Waals surface area contributed by atoms with E-state index in [4.69, 9.17) is 5.11 Å². The monoisotopic (exact) mass is 265 g/mol. The molecule has 4 heteroatoms. The first-order valence-corrected chi connectivity index (χ1v) is 6.84. The molecule has 1 aliphatic rings. The van der Waals surface area contributed by atoms with E-state index in [0.717, 1.165) is 42.8 Å². The Labute approximate surface area is 113 Å². The Morgan fingerprint density at radius 1 is 1.39 bits per heavy atom. The van der Waals surface area contributed by atoms with Gasteiger partial charge in [0.25, 0.3) is 5.91 Å². The number of thiol groups is 1. The number of amides is 1. The van der Waals surface area contributed by atoms with Crippen molar-refractivity contribution in [2.75, 3.05) is 19.7 Å². The van der Waals surface area contributed by atoms with Gasteiger partial charge in [-0.1, -0.05) is 0 Å². The fourth-order valence-electron chi connectivity index (χ4n) is 2.45. The summed E-state index contributed by atoms with van der Waals surface area (Å²) in [4.78, 5) is 15.1. The molecule has 2 rings (SSSR count). The van der Waals surface area contributed by atoms with E-state index in [1.165, 1.54) is 0 Å². The highest BCUT2D eigenvalue weighted by atomic mass is 32.1. The second-order valence-electron chi connectivity index (χ2n) is 4.82. The van der Waals surface area contributed by atoms with E-state index in [1.54, 1.807) is 0 Å². The van der Waals surface area contributed by atoms with Crippen molar-refractivity contribution < 1.29 is 9.90 Å². The van der Waals surface area contributed by atoms with Gasteiger partial charge in [0.1, 0.15) is 0 Å². The number of rotatable bonds is 3. The van der Waals surface area contributed by atoms with Gasteiger partial charge in [-0.15, -0.1) is 12.6 Å². The molecule has 0 bridgehead atoms. The largest absolute Gasteiger partial charge is 0.396 e. The predicted octanol–water partition coefficient (Wildman–Crippen LogP) is 2.21. The first-order valence-electron chi connectivity index (χ1n) is 6.40. The van der Waals surface area contributed by atoms with Gasteiger partial charge in [-0.05, 0) is 49.4 Å². The summed E-state index contributed by atoms with van der Waals surface area (Å²) in [6, 6.07) is 7.32. The molecule has 0 radical (unpaired) electrons. The van der Waals surface area contributed by atoms with Gasteiger partial charge in [-0.25, -0.2) is 0 Å². The van der Waals surface area contributed by atoms with Gasteiger partial charge in [0.2, 0.25) is 0 Å². The van der Waals surface area contributed by atoms with E-state index in [-0.39, 0.29) is 12.5 Å². The number of carbonyl (C=O) groups is 1. The van der Waals surface area contributed by atoms with Crippen molar-refractivity contribution in [3.63, 3.8) is 0 Å². The van der Waals surface area contributed by atoms with E-state index in [1.807, 2.05) is 29.2 Å². The van der Waals surface area contributed by atoms with Gasteiger partial charge in [0.15, 0.2) is 0 Å². The lowest BCUT2D eigenvalue weighted by molar-refractivity contribution is 0.0653. The molecule has 1 unspecified atom stereocenters. The maximum atomic E-state index is 12.3. The maximum Gasteiger partial charge on any atom is 0.253 e. The molecule has 1 N–H and O–H groups in total. The Morgan fingerprint density at radius 2 is 2.11 bits per heavy atom. The Hall–Kier alpha value is -1.00. The highest BCUT2D eigenvalue weighted by Crippen LogP contribution is 2.21. The van der Waals surface area contributed by atoms with Crippen molar-refractivity contribution in [1.82, 2.24) is 4.90 Å². The number of hydrogen-bond donors (Lipinski definition) is 2. The third-order valence-electron chi connectivity index (χ3n) is 3.46. The van der Waals surface area contributed by atoms with Crippen molar-refractivity contribution in [1.29, 1.82) is 0 Å². The minimum absolute atomic E-state index is 0.0889. The van der Waals surface area contributed by atoms with E-state index in [0.29, 0.717) is 5.92 Å². The van der Waals surface area contributed by atoms with Crippen LogP contribution in [0.15, 0.2) is 29.2 Å². The van der Waals surface area contributed by atoms with Crippen molar-refractivity contribution >= 4 is 18.5 Å². The number of likely N-dealkylation sites (tertiary alicyclic amines) is 1. The molecule has 1 heterocycles. The number of nitrogens with zero attached hydrogens (tertiary/aromatic N) is 1. The van der Waals surface area contributed by atoms with Gasteiger partial charge in [0, 0.05) is 30.2 Å². The van der Waals surface area contributed by atoms with Crippen LogP contribution in [0, 0.1) is 5.92 Å². The first-order chi connectivity index (χ1) is 8.70. The number of benzene rings is 1. The Bertz CT molecular complexity index is 403. The molecule has 1 aliphatic heterocycles. The second-order valence-corrected chi connectivity index (χ2v) is 5.33. The van der Waals surface area contributed by atoms with Crippen LogP contribution < -0.4 is 0 Å². The third-order valence-corrected chi connectivity index (χ3v) is 3.76. The molecule has 18 heavy (non-hydrogen) atoms. The molecule has 1 saturated heterocycles. The maximum absolute atomic E-state index is 12.3. The van der Waals surface area contributed by atoms with Crippen molar-refractivity contribution in [3.05, 3.63) is 29.8 Å². The van der Waals surface area contributed by atoms with Crippen LogP contribution in [0.3, 0.4) is 0 Å². The van der Waals surface area contributed by atoms with Crippen LogP contribution in [0.5, 0.6) is 0 Å². The summed E-state index contributed by atoms with van der Waals surface area (Å²) >= 11 is 4.22. The second kappa shape index (κ2) is 6.25. The van der Waals surface area contributed by atoms with Crippen molar-refractivity contribution in [2.24, 2.45) is 5.92 Å². The van der Waals surface area contributed by atoms with Crippen LogP contribution in [0.25, 0.3) is 0 Å². The average molecular weight is 265 g/mol. The fraction of sp³-hybridized carbons (Fsp3) is 0.500. The minimum atomic E-state index is 0.0889. The van der Waals surface area contributed by atoms with Gasteiger partial charge < -0.3 is 10.0 Å². The summed E-state index contributed by atoms with van der Waals surface area (Å²) in [6.07, 6.45) is 2.93.